The molecule has 1 unspecified atom stereocenters. The van der Waals surface area contributed by atoms with Gasteiger partial charge in [0.2, 0.25) is 0 Å². The highest BCUT2D eigenvalue weighted by Gasteiger charge is 2.34. The molecule has 0 radical (unpaired) electrons. The van der Waals surface area contributed by atoms with Crippen LogP contribution in [-0.2, 0) is 0 Å². The van der Waals surface area contributed by atoms with Crippen molar-refractivity contribution in [2.75, 3.05) is 19.6 Å². The van der Waals surface area contributed by atoms with Crippen molar-refractivity contribution < 1.29 is 0 Å². The van der Waals surface area contributed by atoms with E-state index >= 15 is 0 Å². The van der Waals surface area contributed by atoms with Gasteiger partial charge in [0, 0.05) is 5.54 Å². The van der Waals surface area contributed by atoms with Crippen LogP contribution in [-0.4, -0.2) is 25.2 Å². The van der Waals surface area contributed by atoms with Gasteiger partial charge in [0.25, 0.3) is 0 Å². The normalized spacial score (nSPS) is 31.9. The predicted molar refractivity (Wildman–Crippen MR) is 74.3 cm³/mol. The van der Waals surface area contributed by atoms with Crippen molar-refractivity contribution in [3.63, 3.8) is 0 Å². The molecule has 2 aliphatic heterocycles. The second-order valence-electron chi connectivity index (χ2n) is 6.43. The van der Waals surface area contributed by atoms with E-state index in [0.717, 1.165) is 11.8 Å². The molecule has 0 spiro atoms. The number of rotatable bonds is 4. The highest BCUT2D eigenvalue weighted by Crippen LogP contribution is 2.34. The van der Waals surface area contributed by atoms with Crippen LogP contribution >= 0.6 is 0 Å². The number of piperidine rings is 2. The van der Waals surface area contributed by atoms with Crippen LogP contribution in [0.4, 0.5) is 0 Å². The van der Waals surface area contributed by atoms with Crippen molar-refractivity contribution in [1.82, 2.24) is 10.6 Å². The van der Waals surface area contributed by atoms with Crippen LogP contribution in [0.3, 0.4) is 0 Å². The number of hydrogen-bond donors (Lipinski definition) is 2. The van der Waals surface area contributed by atoms with Crippen LogP contribution in [0.1, 0.15) is 58.8 Å². The topological polar surface area (TPSA) is 24.1 Å². The van der Waals surface area contributed by atoms with Crippen molar-refractivity contribution in [2.24, 2.45) is 11.8 Å². The van der Waals surface area contributed by atoms with Gasteiger partial charge >= 0.3 is 0 Å². The maximum absolute atomic E-state index is 3.86. The smallest absolute Gasteiger partial charge is 0.0204 e. The maximum Gasteiger partial charge on any atom is 0.0204 e. The molecule has 2 nitrogen and oxygen atoms in total. The molecule has 2 heteroatoms. The van der Waals surface area contributed by atoms with Gasteiger partial charge < -0.3 is 10.6 Å². The molecule has 100 valence electrons. The summed E-state index contributed by atoms with van der Waals surface area (Å²) in [5.74, 6) is 1.76. The van der Waals surface area contributed by atoms with E-state index < -0.39 is 0 Å². The fraction of sp³-hybridized carbons (Fsp3) is 1.00. The summed E-state index contributed by atoms with van der Waals surface area (Å²) in [6.07, 6.45) is 9.83. The van der Waals surface area contributed by atoms with Gasteiger partial charge in [-0.3, -0.25) is 0 Å². The fourth-order valence-corrected chi connectivity index (χ4v) is 3.62. The maximum atomic E-state index is 3.86. The third-order valence-corrected chi connectivity index (χ3v) is 5.09. The number of nitrogens with one attached hydrogen (secondary N) is 2. The lowest BCUT2D eigenvalue weighted by Crippen LogP contribution is -2.52. The Morgan fingerprint density at radius 1 is 1.12 bits per heavy atom. The summed E-state index contributed by atoms with van der Waals surface area (Å²) in [5, 5.41) is 7.33. The van der Waals surface area contributed by atoms with E-state index in [1.807, 2.05) is 0 Å². The average Bonchev–Trinajstić information content (AvgIpc) is 2.38. The molecule has 2 saturated heterocycles. The first-order valence-corrected chi connectivity index (χ1v) is 7.69. The zero-order valence-electron chi connectivity index (χ0n) is 11.7. The van der Waals surface area contributed by atoms with Gasteiger partial charge in [-0.1, -0.05) is 20.3 Å². The van der Waals surface area contributed by atoms with E-state index in [4.69, 9.17) is 0 Å². The van der Waals surface area contributed by atoms with Crippen LogP contribution in [0, 0.1) is 11.8 Å². The lowest BCUT2D eigenvalue weighted by molar-refractivity contribution is 0.152. The third-order valence-electron chi connectivity index (χ3n) is 5.09. The van der Waals surface area contributed by atoms with E-state index in [1.165, 1.54) is 64.6 Å². The summed E-state index contributed by atoms with van der Waals surface area (Å²) in [7, 11) is 0. The summed E-state index contributed by atoms with van der Waals surface area (Å²) in [4.78, 5) is 0. The second-order valence-corrected chi connectivity index (χ2v) is 6.43. The van der Waals surface area contributed by atoms with Crippen LogP contribution in [0.2, 0.25) is 0 Å². The van der Waals surface area contributed by atoms with Gasteiger partial charge in [-0.15, -0.1) is 0 Å². The molecule has 2 rings (SSSR count). The Bertz CT molecular complexity index is 213. The summed E-state index contributed by atoms with van der Waals surface area (Å²) in [5.41, 5.74) is 0.461. The molecule has 2 heterocycles. The average molecular weight is 238 g/mol. The Kier molecular flexibility index (Phi) is 4.87. The largest absolute Gasteiger partial charge is 0.317 e. The van der Waals surface area contributed by atoms with Gasteiger partial charge in [0.1, 0.15) is 0 Å². The zero-order valence-corrected chi connectivity index (χ0v) is 11.7. The molecule has 0 bridgehead atoms. The van der Waals surface area contributed by atoms with Crippen LogP contribution < -0.4 is 10.6 Å². The van der Waals surface area contributed by atoms with Crippen molar-refractivity contribution >= 4 is 0 Å². The van der Waals surface area contributed by atoms with Gasteiger partial charge in [0.05, 0.1) is 0 Å². The van der Waals surface area contributed by atoms with E-state index in [1.54, 1.807) is 0 Å². The lowest BCUT2D eigenvalue weighted by Gasteiger charge is -2.43. The van der Waals surface area contributed by atoms with Gasteiger partial charge in [0.15, 0.2) is 0 Å². The Morgan fingerprint density at radius 2 is 1.88 bits per heavy atom. The third kappa shape index (κ3) is 3.45. The fourth-order valence-electron chi connectivity index (χ4n) is 3.62. The molecule has 17 heavy (non-hydrogen) atoms. The molecule has 2 aliphatic rings. The molecular weight excluding hydrogens is 208 g/mol. The Balaban J connectivity index is 1.84. The first-order chi connectivity index (χ1) is 8.23. The van der Waals surface area contributed by atoms with E-state index in [0.29, 0.717) is 5.54 Å². The van der Waals surface area contributed by atoms with Crippen molar-refractivity contribution in [3.8, 4) is 0 Å². The summed E-state index contributed by atoms with van der Waals surface area (Å²) < 4.78 is 0. The Hall–Kier alpha value is -0.0800. The first-order valence-electron chi connectivity index (χ1n) is 7.69. The summed E-state index contributed by atoms with van der Waals surface area (Å²) in [6.45, 7) is 8.53. The highest BCUT2D eigenvalue weighted by molar-refractivity contribution is 4.94. The second kappa shape index (κ2) is 6.19. The Morgan fingerprint density at radius 3 is 2.47 bits per heavy atom. The van der Waals surface area contributed by atoms with Crippen LogP contribution in [0.25, 0.3) is 0 Å². The van der Waals surface area contributed by atoms with E-state index in [9.17, 15) is 0 Å². The van der Waals surface area contributed by atoms with Crippen LogP contribution in [0.5, 0.6) is 0 Å². The molecule has 0 saturated carbocycles. The molecule has 2 N–H and O–H groups in total. The van der Waals surface area contributed by atoms with Gasteiger partial charge in [-0.25, -0.2) is 0 Å². The molecule has 0 aromatic rings. The number of hydrogen-bond acceptors (Lipinski definition) is 2. The van der Waals surface area contributed by atoms with Crippen molar-refractivity contribution in [2.45, 2.75) is 64.3 Å². The van der Waals surface area contributed by atoms with Crippen molar-refractivity contribution in [3.05, 3.63) is 0 Å². The van der Waals surface area contributed by atoms with E-state index in [-0.39, 0.29) is 0 Å². The van der Waals surface area contributed by atoms with Crippen molar-refractivity contribution in [1.29, 1.82) is 0 Å². The van der Waals surface area contributed by atoms with Crippen LogP contribution in [0.15, 0.2) is 0 Å². The van der Waals surface area contributed by atoms with Gasteiger partial charge in [-0.2, -0.15) is 0 Å². The molecule has 0 aromatic carbocycles. The van der Waals surface area contributed by atoms with E-state index in [2.05, 4.69) is 24.5 Å². The lowest BCUT2D eigenvalue weighted by atomic mass is 9.74. The summed E-state index contributed by atoms with van der Waals surface area (Å²) >= 11 is 0. The zero-order chi connectivity index (χ0) is 12.1. The minimum absolute atomic E-state index is 0.461. The molecule has 0 aliphatic carbocycles. The molecule has 2 fully saturated rings. The minimum atomic E-state index is 0.461. The molecule has 1 atom stereocenters. The first kappa shape index (κ1) is 13.4. The van der Waals surface area contributed by atoms with Gasteiger partial charge in [-0.05, 0) is 70.0 Å². The summed E-state index contributed by atoms with van der Waals surface area (Å²) in [6, 6.07) is 0. The quantitative estimate of drug-likeness (QED) is 0.787. The Labute approximate surface area is 107 Å². The highest BCUT2D eigenvalue weighted by atomic mass is 15.0. The SMILES string of the molecule is CC(C)C1(CCC2CCNCC2)CCCCN1. The minimum Gasteiger partial charge on any atom is -0.317 e. The molecule has 0 aromatic heterocycles. The molecule has 0 amide bonds. The standard InChI is InChI=1S/C15H30N2/c1-13(2)15(8-3-4-10-17-15)9-5-14-6-11-16-12-7-14/h13-14,16-17H,3-12H2,1-2H3. The predicted octanol–water partition coefficient (Wildman–Crippen LogP) is 2.93. The monoisotopic (exact) mass is 238 g/mol. The molecular formula is C15H30N2.